The van der Waals surface area contributed by atoms with Gasteiger partial charge >= 0.3 is 5.97 Å². The Morgan fingerprint density at radius 2 is 1.81 bits per heavy atom. The first-order valence-electron chi connectivity index (χ1n) is 11.1. The molecule has 1 spiro atoms. The normalized spacial score (nSPS) is 23.3. The zero-order chi connectivity index (χ0) is 21.3. The number of carbonyl (C=O) groups is 2. The van der Waals surface area contributed by atoms with E-state index in [2.05, 4.69) is 19.9 Å². The Bertz CT molecular complexity index is 935. The maximum Gasteiger partial charge on any atom is 0.312 e. The van der Waals surface area contributed by atoms with E-state index >= 15 is 0 Å². The lowest BCUT2D eigenvalue weighted by Crippen LogP contribution is -2.45. The van der Waals surface area contributed by atoms with Crippen molar-refractivity contribution >= 4 is 11.9 Å². The van der Waals surface area contributed by atoms with E-state index in [1.54, 1.807) is 23.5 Å². The minimum absolute atomic E-state index is 0.0135. The van der Waals surface area contributed by atoms with Crippen molar-refractivity contribution in [3.63, 3.8) is 0 Å². The molecule has 3 aliphatic heterocycles. The van der Waals surface area contributed by atoms with Crippen LogP contribution in [0.2, 0.25) is 0 Å². The van der Waals surface area contributed by atoms with E-state index in [0.29, 0.717) is 43.0 Å². The van der Waals surface area contributed by atoms with Gasteiger partial charge in [0, 0.05) is 44.6 Å². The minimum atomic E-state index is -0.430. The fraction of sp³-hybridized carbons (Fsp3) is 0.522. The van der Waals surface area contributed by atoms with Crippen molar-refractivity contribution in [2.24, 2.45) is 5.41 Å². The SMILES string of the molecule is O=C(c1cnc(-c2ccccn2)nc1)N1CCC2(CC1)CC(CN1CCCC1)OC2=O. The van der Waals surface area contributed by atoms with Gasteiger partial charge in [-0.3, -0.25) is 19.5 Å². The van der Waals surface area contributed by atoms with Gasteiger partial charge in [0.15, 0.2) is 5.82 Å². The van der Waals surface area contributed by atoms with Crippen LogP contribution < -0.4 is 0 Å². The Kier molecular flexibility index (Phi) is 5.40. The van der Waals surface area contributed by atoms with Crippen molar-refractivity contribution in [3.05, 3.63) is 42.4 Å². The highest BCUT2D eigenvalue weighted by molar-refractivity contribution is 5.94. The maximum atomic E-state index is 12.9. The molecule has 0 N–H and O–H groups in total. The van der Waals surface area contributed by atoms with Crippen LogP contribution in [0.1, 0.15) is 42.5 Å². The predicted molar refractivity (Wildman–Crippen MR) is 113 cm³/mol. The Hall–Kier alpha value is -2.87. The van der Waals surface area contributed by atoms with Crippen molar-refractivity contribution in [2.45, 2.75) is 38.2 Å². The number of amides is 1. The largest absolute Gasteiger partial charge is 0.461 e. The smallest absolute Gasteiger partial charge is 0.312 e. The van der Waals surface area contributed by atoms with Crippen LogP contribution in [0.15, 0.2) is 36.8 Å². The maximum absolute atomic E-state index is 12.9. The molecule has 5 heterocycles. The first-order valence-corrected chi connectivity index (χ1v) is 11.1. The average molecular weight is 422 g/mol. The molecule has 2 aromatic heterocycles. The van der Waals surface area contributed by atoms with Gasteiger partial charge in [-0.2, -0.15) is 0 Å². The highest BCUT2D eigenvalue weighted by Gasteiger charge is 2.51. The summed E-state index contributed by atoms with van der Waals surface area (Å²) in [6.07, 6.45) is 9.32. The van der Waals surface area contributed by atoms with Crippen LogP contribution in [0.25, 0.3) is 11.5 Å². The Morgan fingerprint density at radius 1 is 1.06 bits per heavy atom. The van der Waals surface area contributed by atoms with Gasteiger partial charge in [-0.05, 0) is 50.9 Å². The average Bonchev–Trinajstić information content (AvgIpc) is 3.43. The van der Waals surface area contributed by atoms with Crippen LogP contribution in [-0.2, 0) is 9.53 Å². The highest BCUT2D eigenvalue weighted by Crippen LogP contribution is 2.43. The molecule has 31 heavy (non-hydrogen) atoms. The number of ether oxygens (including phenoxy) is 1. The molecule has 8 heteroatoms. The Labute approximate surface area is 181 Å². The second kappa shape index (κ2) is 8.34. The van der Waals surface area contributed by atoms with Crippen molar-refractivity contribution in [1.29, 1.82) is 0 Å². The number of pyridine rings is 1. The van der Waals surface area contributed by atoms with E-state index in [1.807, 2.05) is 18.2 Å². The lowest BCUT2D eigenvalue weighted by atomic mass is 9.76. The van der Waals surface area contributed by atoms with E-state index in [9.17, 15) is 9.59 Å². The molecule has 3 saturated heterocycles. The van der Waals surface area contributed by atoms with Crippen molar-refractivity contribution in [1.82, 2.24) is 24.8 Å². The van der Waals surface area contributed by atoms with E-state index in [1.165, 1.54) is 12.8 Å². The Balaban J connectivity index is 1.19. The van der Waals surface area contributed by atoms with Crippen LogP contribution >= 0.6 is 0 Å². The number of cyclic esters (lactones) is 1. The second-order valence-electron chi connectivity index (χ2n) is 8.82. The molecule has 1 unspecified atom stereocenters. The van der Waals surface area contributed by atoms with Crippen LogP contribution in [-0.4, -0.2) is 75.5 Å². The third-order valence-electron chi connectivity index (χ3n) is 6.79. The second-order valence-corrected chi connectivity index (χ2v) is 8.82. The molecule has 0 aromatic carbocycles. The van der Waals surface area contributed by atoms with Crippen molar-refractivity contribution < 1.29 is 14.3 Å². The van der Waals surface area contributed by atoms with E-state index < -0.39 is 5.41 Å². The van der Waals surface area contributed by atoms with Crippen LogP contribution in [0, 0.1) is 5.41 Å². The number of aromatic nitrogens is 3. The monoisotopic (exact) mass is 421 g/mol. The molecule has 0 bridgehead atoms. The molecule has 8 nitrogen and oxygen atoms in total. The lowest BCUT2D eigenvalue weighted by molar-refractivity contribution is -0.150. The molecule has 3 fully saturated rings. The van der Waals surface area contributed by atoms with E-state index in [4.69, 9.17) is 4.74 Å². The Morgan fingerprint density at radius 3 is 2.48 bits per heavy atom. The summed E-state index contributed by atoms with van der Waals surface area (Å²) in [7, 11) is 0. The van der Waals surface area contributed by atoms with Gasteiger partial charge < -0.3 is 9.64 Å². The quantitative estimate of drug-likeness (QED) is 0.699. The lowest BCUT2D eigenvalue weighted by Gasteiger charge is -2.36. The molecule has 0 radical (unpaired) electrons. The summed E-state index contributed by atoms with van der Waals surface area (Å²) in [4.78, 5) is 42.7. The van der Waals surface area contributed by atoms with Gasteiger partial charge in [-0.25, -0.2) is 9.97 Å². The molecule has 2 aromatic rings. The van der Waals surface area contributed by atoms with Gasteiger partial charge in [0.05, 0.1) is 11.0 Å². The molecule has 162 valence electrons. The third kappa shape index (κ3) is 4.04. The molecular formula is C23H27N5O3. The van der Waals surface area contributed by atoms with E-state index in [0.717, 1.165) is 26.1 Å². The summed E-state index contributed by atoms with van der Waals surface area (Å²) in [5.41, 5.74) is 0.696. The number of esters is 1. The summed E-state index contributed by atoms with van der Waals surface area (Å²) in [5.74, 6) is 0.321. The number of hydrogen-bond acceptors (Lipinski definition) is 7. The summed E-state index contributed by atoms with van der Waals surface area (Å²) >= 11 is 0. The molecule has 0 aliphatic carbocycles. The van der Waals surface area contributed by atoms with E-state index in [-0.39, 0.29) is 18.0 Å². The summed E-state index contributed by atoms with van der Waals surface area (Å²) < 4.78 is 5.74. The zero-order valence-electron chi connectivity index (χ0n) is 17.6. The van der Waals surface area contributed by atoms with Gasteiger partial charge in [0.2, 0.25) is 0 Å². The molecule has 5 rings (SSSR count). The van der Waals surface area contributed by atoms with Crippen LogP contribution in [0.5, 0.6) is 0 Å². The highest BCUT2D eigenvalue weighted by atomic mass is 16.6. The number of hydrogen-bond donors (Lipinski definition) is 0. The molecular weight excluding hydrogens is 394 g/mol. The first kappa shape index (κ1) is 20.1. The van der Waals surface area contributed by atoms with Crippen LogP contribution in [0.3, 0.4) is 0 Å². The molecule has 0 saturated carbocycles. The number of likely N-dealkylation sites (tertiary alicyclic amines) is 2. The molecule has 1 amide bonds. The molecule has 1 atom stereocenters. The number of nitrogens with zero attached hydrogens (tertiary/aromatic N) is 5. The summed E-state index contributed by atoms with van der Waals surface area (Å²) in [6.45, 7) is 4.14. The van der Waals surface area contributed by atoms with Gasteiger partial charge in [0.1, 0.15) is 11.8 Å². The van der Waals surface area contributed by atoms with Crippen molar-refractivity contribution in [3.8, 4) is 11.5 Å². The van der Waals surface area contributed by atoms with Gasteiger partial charge in [-0.1, -0.05) is 6.07 Å². The zero-order valence-corrected chi connectivity index (χ0v) is 17.6. The fourth-order valence-electron chi connectivity index (χ4n) is 4.99. The third-order valence-corrected chi connectivity index (χ3v) is 6.79. The standard InChI is InChI=1S/C23H27N5O3/c29-21(17-14-25-20(26-15-17)19-5-1-2-8-24-19)28-11-6-23(7-12-28)13-18(31-22(23)30)16-27-9-3-4-10-27/h1-2,5,8,14-15,18H,3-4,6-7,9-13,16H2. The topological polar surface area (TPSA) is 88.5 Å². The number of carbonyl (C=O) groups excluding carboxylic acids is 2. The summed E-state index contributed by atoms with van der Waals surface area (Å²) in [5, 5.41) is 0. The minimum Gasteiger partial charge on any atom is -0.461 e. The number of piperidine rings is 1. The van der Waals surface area contributed by atoms with Crippen LogP contribution in [0.4, 0.5) is 0 Å². The van der Waals surface area contributed by atoms with Gasteiger partial charge in [0.25, 0.3) is 5.91 Å². The van der Waals surface area contributed by atoms with Crippen molar-refractivity contribution in [2.75, 3.05) is 32.7 Å². The predicted octanol–water partition coefficient (Wildman–Crippen LogP) is 2.17. The summed E-state index contributed by atoms with van der Waals surface area (Å²) in [6, 6.07) is 5.54. The van der Waals surface area contributed by atoms with Gasteiger partial charge in [-0.15, -0.1) is 0 Å². The number of rotatable bonds is 4. The molecule has 3 aliphatic rings. The fourth-order valence-corrected chi connectivity index (χ4v) is 4.99. The first-order chi connectivity index (χ1) is 15.1.